The van der Waals surface area contributed by atoms with Gasteiger partial charge in [-0.1, -0.05) is 53.7 Å². The van der Waals surface area contributed by atoms with E-state index < -0.39 is 18.5 Å². The molecule has 0 aliphatic heterocycles. The molecular formula is C19H16ClN3O3S. The number of halogens is 1. The van der Waals surface area contributed by atoms with Crippen molar-refractivity contribution in [1.82, 2.24) is 9.55 Å². The summed E-state index contributed by atoms with van der Waals surface area (Å²) in [6, 6.07) is 16.2. The molecule has 3 aromatic rings. The van der Waals surface area contributed by atoms with Gasteiger partial charge in [-0.2, -0.15) is 0 Å². The number of ether oxygens (including phenoxy) is 1. The Labute approximate surface area is 165 Å². The minimum Gasteiger partial charge on any atom is -0.451 e. The van der Waals surface area contributed by atoms with E-state index in [1.165, 1.54) is 18.0 Å². The summed E-state index contributed by atoms with van der Waals surface area (Å²) in [7, 11) is 0. The zero-order valence-electron chi connectivity index (χ0n) is 14.4. The fourth-order valence-corrected chi connectivity index (χ4v) is 3.13. The second-order valence-corrected chi connectivity index (χ2v) is 6.59. The quantitative estimate of drug-likeness (QED) is 0.498. The normalized spacial score (nSPS) is 10.4. The molecule has 27 heavy (non-hydrogen) atoms. The lowest BCUT2D eigenvalue weighted by atomic mass is 10.3. The van der Waals surface area contributed by atoms with Crippen LogP contribution in [0, 0.1) is 0 Å². The third kappa shape index (κ3) is 4.50. The van der Waals surface area contributed by atoms with Crippen molar-refractivity contribution in [2.45, 2.75) is 5.16 Å². The number of nitrogens with zero attached hydrogens (tertiary/aromatic N) is 2. The first kappa shape index (κ1) is 19.0. The van der Waals surface area contributed by atoms with E-state index in [4.69, 9.17) is 16.3 Å². The molecule has 0 atom stereocenters. The van der Waals surface area contributed by atoms with Crippen molar-refractivity contribution < 1.29 is 14.3 Å². The Balaban J connectivity index is 1.71. The van der Waals surface area contributed by atoms with Crippen LogP contribution in [0.1, 0.15) is 10.5 Å². The number of esters is 1. The third-order valence-electron chi connectivity index (χ3n) is 3.62. The molecule has 1 amide bonds. The van der Waals surface area contributed by atoms with E-state index in [9.17, 15) is 9.59 Å². The van der Waals surface area contributed by atoms with Crippen LogP contribution in [0.15, 0.2) is 66.0 Å². The van der Waals surface area contributed by atoms with Gasteiger partial charge in [-0.05, 0) is 30.5 Å². The monoisotopic (exact) mass is 401 g/mol. The number of hydrogen-bond donors (Lipinski definition) is 1. The molecule has 1 N–H and O–H groups in total. The first-order valence-electron chi connectivity index (χ1n) is 7.99. The van der Waals surface area contributed by atoms with Gasteiger partial charge in [0.15, 0.2) is 17.5 Å². The molecule has 0 unspecified atom stereocenters. The maximum atomic E-state index is 12.5. The smallest absolute Gasteiger partial charge is 0.357 e. The number of rotatable bonds is 6. The first-order chi connectivity index (χ1) is 13.1. The Kier molecular flexibility index (Phi) is 6.16. The van der Waals surface area contributed by atoms with E-state index in [-0.39, 0.29) is 5.69 Å². The molecule has 1 heterocycles. The average molecular weight is 402 g/mol. The van der Waals surface area contributed by atoms with Gasteiger partial charge in [-0.25, -0.2) is 9.78 Å². The van der Waals surface area contributed by atoms with Crippen LogP contribution in [0.4, 0.5) is 5.69 Å². The number of amides is 1. The number of carbonyl (C=O) groups excluding carboxylic acids is 2. The second-order valence-electron chi connectivity index (χ2n) is 5.41. The summed E-state index contributed by atoms with van der Waals surface area (Å²) in [6.07, 6.45) is 3.31. The lowest BCUT2D eigenvalue weighted by Gasteiger charge is -2.11. The van der Waals surface area contributed by atoms with Gasteiger partial charge in [0.1, 0.15) is 0 Å². The second kappa shape index (κ2) is 8.75. The van der Waals surface area contributed by atoms with E-state index in [2.05, 4.69) is 10.3 Å². The molecular weight excluding hydrogens is 386 g/mol. The summed E-state index contributed by atoms with van der Waals surface area (Å²) in [6.45, 7) is -0.432. The van der Waals surface area contributed by atoms with Crippen molar-refractivity contribution in [2.24, 2.45) is 0 Å². The van der Waals surface area contributed by atoms with Gasteiger partial charge in [-0.3, -0.25) is 9.36 Å². The van der Waals surface area contributed by atoms with E-state index in [1.807, 2.05) is 36.6 Å². The Morgan fingerprint density at radius 3 is 2.56 bits per heavy atom. The van der Waals surface area contributed by atoms with Gasteiger partial charge in [0, 0.05) is 5.69 Å². The largest absolute Gasteiger partial charge is 0.451 e. The topological polar surface area (TPSA) is 73.2 Å². The number of benzene rings is 2. The maximum Gasteiger partial charge on any atom is 0.357 e. The molecule has 0 radical (unpaired) electrons. The minimum atomic E-state index is -0.638. The lowest BCUT2D eigenvalue weighted by Crippen LogP contribution is -2.22. The zero-order chi connectivity index (χ0) is 19.2. The molecule has 138 valence electrons. The molecule has 1 aromatic heterocycles. The first-order valence-corrected chi connectivity index (χ1v) is 9.59. The molecule has 0 aliphatic rings. The predicted molar refractivity (Wildman–Crippen MR) is 106 cm³/mol. The number of thioether (sulfide) groups is 1. The molecule has 0 saturated carbocycles. The van der Waals surface area contributed by atoms with Crippen LogP contribution < -0.4 is 5.32 Å². The highest BCUT2D eigenvalue weighted by atomic mass is 35.5. The fourth-order valence-electron chi connectivity index (χ4n) is 2.40. The number of hydrogen-bond acceptors (Lipinski definition) is 5. The van der Waals surface area contributed by atoms with Gasteiger partial charge in [0.05, 0.1) is 16.9 Å². The van der Waals surface area contributed by atoms with E-state index in [0.717, 1.165) is 5.69 Å². The van der Waals surface area contributed by atoms with Crippen molar-refractivity contribution in [2.75, 3.05) is 18.2 Å². The van der Waals surface area contributed by atoms with Gasteiger partial charge in [0.2, 0.25) is 0 Å². The summed E-state index contributed by atoms with van der Waals surface area (Å²) in [5, 5.41) is 3.66. The number of aromatic nitrogens is 2. The van der Waals surface area contributed by atoms with Crippen LogP contribution >= 0.6 is 23.4 Å². The minimum absolute atomic E-state index is 0.246. The SMILES string of the molecule is CSc1ncc(C(=O)OCC(=O)Nc2ccccc2Cl)n1-c1ccccc1. The van der Waals surface area contributed by atoms with Crippen LogP contribution in [0.2, 0.25) is 5.02 Å². The zero-order valence-corrected chi connectivity index (χ0v) is 16.0. The third-order valence-corrected chi connectivity index (χ3v) is 4.60. The maximum absolute atomic E-state index is 12.5. The van der Waals surface area contributed by atoms with Crippen LogP contribution in [-0.4, -0.2) is 34.3 Å². The molecule has 0 bridgehead atoms. The molecule has 3 rings (SSSR count). The summed E-state index contributed by atoms with van der Waals surface area (Å²) in [5.74, 6) is -1.12. The number of imidazole rings is 1. The summed E-state index contributed by atoms with van der Waals surface area (Å²) < 4.78 is 6.85. The van der Waals surface area contributed by atoms with Crippen molar-refractivity contribution in [1.29, 1.82) is 0 Å². The predicted octanol–water partition coefficient (Wildman–Crippen LogP) is 4.04. The Bertz CT molecular complexity index is 960. The van der Waals surface area contributed by atoms with Crippen molar-refractivity contribution in [3.05, 3.63) is 71.5 Å². The Morgan fingerprint density at radius 2 is 1.85 bits per heavy atom. The molecule has 0 aliphatic carbocycles. The highest BCUT2D eigenvalue weighted by Crippen LogP contribution is 2.22. The van der Waals surface area contributed by atoms with Gasteiger partial charge in [0.25, 0.3) is 5.91 Å². The van der Waals surface area contributed by atoms with E-state index >= 15 is 0 Å². The van der Waals surface area contributed by atoms with Crippen molar-refractivity contribution in [3.63, 3.8) is 0 Å². The highest BCUT2D eigenvalue weighted by molar-refractivity contribution is 7.98. The molecule has 6 nitrogen and oxygen atoms in total. The molecule has 0 spiro atoms. The molecule has 0 saturated heterocycles. The fraction of sp³-hybridized carbons (Fsp3) is 0.105. The van der Waals surface area contributed by atoms with Gasteiger partial charge >= 0.3 is 5.97 Å². The van der Waals surface area contributed by atoms with E-state index in [1.54, 1.807) is 28.8 Å². The van der Waals surface area contributed by atoms with Crippen LogP contribution in [0.3, 0.4) is 0 Å². The number of nitrogens with one attached hydrogen (secondary N) is 1. The van der Waals surface area contributed by atoms with Crippen molar-refractivity contribution in [3.8, 4) is 5.69 Å². The summed E-state index contributed by atoms with van der Waals surface area (Å²) >= 11 is 7.40. The Hall–Kier alpha value is -2.77. The average Bonchev–Trinajstić information content (AvgIpc) is 3.13. The van der Waals surface area contributed by atoms with Gasteiger partial charge < -0.3 is 10.1 Å². The van der Waals surface area contributed by atoms with Crippen LogP contribution in [-0.2, 0) is 9.53 Å². The lowest BCUT2D eigenvalue weighted by molar-refractivity contribution is -0.119. The van der Waals surface area contributed by atoms with Crippen LogP contribution in [0.5, 0.6) is 0 Å². The standard InChI is InChI=1S/C19H16ClN3O3S/c1-27-19-21-11-16(23(19)13-7-3-2-4-8-13)18(25)26-12-17(24)22-15-10-6-5-9-14(15)20/h2-11H,12H2,1H3,(H,22,24). The molecule has 0 fully saturated rings. The molecule has 2 aromatic carbocycles. The summed E-state index contributed by atoms with van der Waals surface area (Å²) in [4.78, 5) is 28.8. The Morgan fingerprint density at radius 1 is 1.15 bits per heavy atom. The van der Waals surface area contributed by atoms with E-state index in [0.29, 0.717) is 15.9 Å². The van der Waals surface area contributed by atoms with Crippen LogP contribution in [0.25, 0.3) is 5.69 Å². The number of anilines is 1. The van der Waals surface area contributed by atoms with Gasteiger partial charge in [-0.15, -0.1) is 0 Å². The highest BCUT2D eigenvalue weighted by Gasteiger charge is 2.20. The summed E-state index contributed by atoms with van der Waals surface area (Å²) in [5.41, 5.74) is 1.49. The number of carbonyl (C=O) groups is 2. The molecule has 8 heteroatoms. The van der Waals surface area contributed by atoms with Crippen molar-refractivity contribution >= 4 is 40.9 Å². The number of para-hydroxylation sites is 2.